The topological polar surface area (TPSA) is 78.0 Å². The van der Waals surface area contributed by atoms with E-state index in [1.807, 2.05) is 13.0 Å². The van der Waals surface area contributed by atoms with E-state index >= 15 is 0 Å². The molecule has 3 N–H and O–H groups in total. The molecule has 0 aliphatic carbocycles. The Morgan fingerprint density at radius 1 is 1.47 bits per heavy atom. The second-order valence-electron chi connectivity index (χ2n) is 3.94. The Morgan fingerprint density at radius 3 is 3.00 bits per heavy atom. The summed E-state index contributed by atoms with van der Waals surface area (Å²) in [7, 11) is 0. The van der Waals surface area contributed by atoms with Crippen molar-refractivity contribution in [3.05, 3.63) is 47.3 Å². The van der Waals surface area contributed by atoms with Crippen molar-refractivity contribution < 1.29 is 9.90 Å². The summed E-state index contributed by atoms with van der Waals surface area (Å²) in [4.78, 5) is 18.7. The monoisotopic (exact) mass is 255 g/mol. The van der Waals surface area contributed by atoms with Crippen LogP contribution in [0.2, 0.25) is 0 Å². The summed E-state index contributed by atoms with van der Waals surface area (Å²) in [5.41, 5.74) is 2.12. The third-order valence-corrected chi connectivity index (χ3v) is 2.38. The Bertz CT molecular complexity index is 636. The third kappa shape index (κ3) is 3.44. The van der Waals surface area contributed by atoms with E-state index in [2.05, 4.69) is 27.1 Å². The van der Waals surface area contributed by atoms with Gasteiger partial charge in [-0.2, -0.15) is 0 Å². The lowest BCUT2D eigenvalue weighted by Gasteiger charge is -2.04. The highest BCUT2D eigenvalue weighted by atomic mass is 16.2. The first kappa shape index (κ1) is 12.9. The van der Waals surface area contributed by atoms with Crippen LogP contribution in [-0.4, -0.2) is 27.6 Å². The average molecular weight is 255 g/mol. The Morgan fingerprint density at radius 2 is 2.32 bits per heavy atom. The van der Waals surface area contributed by atoms with Gasteiger partial charge in [0.15, 0.2) is 0 Å². The summed E-state index contributed by atoms with van der Waals surface area (Å²) in [5, 5.41) is 11.3. The third-order valence-electron chi connectivity index (χ3n) is 2.38. The summed E-state index contributed by atoms with van der Waals surface area (Å²) in [5.74, 6) is 5.48. The van der Waals surface area contributed by atoms with E-state index in [1.165, 1.54) is 0 Å². The zero-order valence-corrected chi connectivity index (χ0v) is 10.4. The van der Waals surface area contributed by atoms with Crippen molar-refractivity contribution in [2.75, 3.05) is 11.9 Å². The minimum absolute atomic E-state index is 0.206. The highest BCUT2D eigenvalue weighted by Crippen LogP contribution is 2.10. The van der Waals surface area contributed by atoms with Gasteiger partial charge in [-0.15, -0.1) is 0 Å². The molecule has 0 atom stereocenters. The molecule has 96 valence electrons. The molecular formula is C14H13N3O2. The fraction of sp³-hybridized carbons (Fsp3) is 0.143. The van der Waals surface area contributed by atoms with Crippen molar-refractivity contribution in [3.8, 4) is 11.8 Å². The second-order valence-corrected chi connectivity index (χ2v) is 3.94. The van der Waals surface area contributed by atoms with Gasteiger partial charge in [0.1, 0.15) is 6.61 Å². The van der Waals surface area contributed by atoms with Crippen molar-refractivity contribution in [2.45, 2.75) is 6.92 Å². The first-order chi connectivity index (χ1) is 9.19. The molecular weight excluding hydrogens is 242 g/mol. The number of hydrogen-bond acceptors (Lipinski definition) is 3. The van der Waals surface area contributed by atoms with Crippen LogP contribution in [0.15, 0.2) is 30.6 Å². The maximum atomic E-state index is 12.0. The van der Waals surface area contributed by atoms with Crippen LogP contribution in [0.3, 0.4) is 0 Å². The summed E-state index contributed by atoms with van der Waals surface area (Å²) in [6.07, 6.45) is 3.19. The Hall–Kier alpha value is -2.58. The average Bonchev–Trinajstić information content (AvgIpc) is 2.88. The molecule has 0 saturated carbocycles. The molecule has 5 heteroatoms. The predicted octanol–water partition coefficient (Wildman–Crippen LogP) is 1.31. The molecule has 5 nitrogen and oxygen atoms in total. The van der Waals surface area contributed by atoms with Gasteiger partial charge in [-0.25, -0.2) is 4.98 Å². The largest absolute Gasteiger partial charge is 0.384 e. The number of carbonyl (C=O) groups is 1. The molecule has 0 aliphatic heterocycles. The molecule has 0 aliphatic rings. The SMILES string of the molecule is Cc1cc(C#CCO)cc(C(=O)Nc2ncc[nH]2)c1. The van der Waals surface area contributed by atoms with E-state index in [1.54, 1.807) is 24.5 Å². The Balaban J connectivity index is 2.24. The number of carbonyl (C=O) groups excluding carboxylic acids is 1. The molecule has 2 aromatic rings. The number of nitrogens with one attached hydrogen (secondary N) is 2. The number of rotatable bonds is 2. The number of hydrogen-bond donors (Lipinski definition) is 3. The smallest absolute Gasteiger partial charge is 0.258 e. The van der Waals surface area contributed by atoms with Crippen LogP contribution in [0.1, 0.15) is 21.5 Å². The standard InChI is InChI=1S/C14H13N3O2/c1-10-7-11(3-2-6-18)9-12(8-10)13(19)17-14-15-4-5-16-14/h4-5,7-9,18H,6H2,1H3,(H2,15,16,17,19). The van der Waals surface area contributed by atoms with Gasteiger partial charge in [0.2, 0.25) is 5.95 Å². The molecule has 1 amide bonds. The summed E-state index contributed by atoms with van der Waals surface area (Å²) >= 11 is 0. The van der Waals surface area contributed by atoms with Crippen LogP contribution >= 0.6 is 0 Å². The number of nitrogens with zero attached hydrogens (tertiary/aromatic N) is 1. The number of aliphatic hydroxyl groups excluding tert-OH is 1. The maximum Gasteiger partial charge on any atom is 0.258 e. The zero-order chi connectivity index (χ0) is 13.7. The number of H-pyrrole nitrogens is 1. The van der Waals surface area contributed by atoms with Gasteiger partial charge in [-0.05, 0) is 30.7 Å². The normalized spacial score (nSPS) is 9.58. The fourth-order valence-electron chi connectivity index (χ4n) is 1.64. The van der Waals surface area contributed by atoms with E-state index in [9.17, 15) is 4.79 Å². The summed E-state index contributed by atoms with van der Waals surface area (Å²) < 4.78 is 0. The van der Waals surface area contributed by atoms with Crippen LogP contribution in [0.25, 0.3) is 0 Å². The van der Waals surface area contributed by atoms with Gasteiger partial charge >= 0.3 is 0 Å². The Labute approximate surface area is 110 Å². The molecule has 0 unspecified atom stereocenters. The van der Waals surface area contributed by atoms with Crippen LogP contribution in [0.5, 0.6) is 0 Å². The number of aromatic amines is 1. The number of imidazole rings is 1. The van der Waals surface area contributed by atoms with E-state index in [0.29, 0.717) is 17.1 Å². The number of anilines is 1. The van der Waals surface area contributed by atoms with Crippen molar-refractivity contribution in [1.29, 1.82) is 0 Å². The van der Waals surface area contributed by atoms with Crippen molar-refractivity contribution >= 4 is 11.9 Å². The molecule has 0 spiro atoms. The van der Waals surface area contributed by atoms with E-state index in [-0.39, 0.29) is 12.5 Å². The molecule has 0 saturated heterocycles. The summed E-state index contributed by atoms with van der Waals surface area (Å²) in [6.45, 7) is 1.68. The van der Waals surface area contributed by atoms with E-state index in [4.69, 9.17) is 5.11 Å². The number of amides is 1. The van der Waals surface area contributed by atoms with Gasteiger partial charge in [-0.1, -0.05) is 11.8 Å². The molecule has 1 aromatic heterocycles. The van der Waals surface area contributed by atoms with Gasteiger partial charge in [0.25, 0.3) is 5.91 Å². The van der Waals surface area contributed by atoms with Crippen LogP contribution < -0.4 is 5.32 Å². The van der Waals surface area contributed by atoms with Crippen LogP contribution in [0.4, 0.5) is 5.95 Å². The minimum Gasteiger partial charge on any atom is -0.384 e. The quantitative estimate of drug-likeness (QED) is 0.708. The maximum absolute atomic E-state index is 12.0. The number of aromatic nitrogens is 2. The molecule has 19 heavy (non-hydrogen) atoms. The van der Waals surface area contributed by atoms with Gasteiger partial charge in [0, 0.05) is 23.5 Å². The Kier molecular flexibility index (Phi) is 3.96. The summed E-state index contributed by atoms with van der Waals surface area (Å²) in [6, 6.07) is 5.29. The highest BCUT2D eigenvalue weighted by Gasteiger charge is 2.08. The first-order valence-electron chi connectivity index (χ1n) is 5.71. The van der Waals surface area contributed by atoms with Gasteiger partial charge in [-0.3, -0.25) is 10.1 Å². The van der Waals surface area contributed by atoms with Crippen LogP contribution in [0, 0.1) is 18.8 Å². The highest BCUT2D eigenvalue weighted by molar-refractivity contribution is 6.03. The van der Waals surface area contributed by atoms with Crippen molar-refractivity contribution in [2.24, 2.45) is 0 Å². The van der Waals surface area contributed by atoms with E-state index in [0.717, 1.165) is 5.56 Å². The van der Waals surface area contributed by atoms with Crippen molar-refractivity contribution in [1.82, 2.24) is 9.97 Å². The number of aliphatic hydroxyl groups is 1. The zero-order valence-electron chi connectivity index (χ0n) is 10.4. The molecule has 2 rings (SSSR count). The molecule has 1 aromatic carbocycles. The van der Waals surface area contributed by atoms with E-state index < -0.39 is 0 Å². The lowest BCUT2D eigenvalue weighted by atomic mass is 10.1. The number of benzene rings is 1. The van der Waals surface area contributed by atoms with Crippen molar-refractivity contribution in [3.63, 3.8) is 0 Å². The first-order valence-corrected chi connectivity index (χ1v) is 5.71. The number of aryl methyl sites for hydroxylation is 1. The van der Waals surface area contributed by atoms with Gasteiger partial charge in [0.05, 0.1) is 0 Å². The lowest BCUT2D eigenvalue weighted by Crippen LogP contribution is -2.13. The molecule has 0 fully saturated rings. The molecule has 1 heterocycles. The fourth-order valence-corrected chi connectivity index (χ4v) is 1.64. The minimum atomic E-state index is -0.259. The second kappa shape index (κ2) is 5.85. The van der Waals surface area contributed by atoms with Gasteiger partial charge < -0.3 is 10.1 Å². The molecule has 0 radical (unpaired) electrons. The predicted molar refractivity (Wildman–Crippen MR) is 71.7 cm³/mol. The molecule has 0 bridgehead atoms. The van der Waals surface area contributed by atoms with Crippen LogP contribution in [-0.2, 0) is 0 Å². The lowest BCUT2D eigenvalue weighted by molar-refractivity contribution is 0.102.